The van der Waals surface area contributed by atoms with Gasteiger partial charge in [-0.2, -0.15) is 0 Å². The summed E-state index contributed by atoms with van der Waals surface area (Å²) >= 11 is 0. The summed E-state index contributed by atoms with van der Waals surface area (Å²) < 4.78 is 0. The molecule has 25 heavy (non-hydrogen) atoms. The normalized spacial score (nSPS) is 18.1. The monoisotopic (exact) mass is 337 g/mol. The van der Waals surface area contributed by atoms with Gasteiger partial charge in [0.25, 0.3) is 0 Å². The maximum absolute atomic E-state index is 12.6. The minimum atomic E-state index is -0.806. The molecule has 1 amide bonds. The number of carbonyl (C=O) groups excluding carboxylic acids is 2. The lowest BCUT2D eigenvalue weighted by molar-refractivity contribution is -0.134. The minimum Gasteiger partial charge on any atom is -0.388 e. The summed E-state index contributed by atoms with van der Waals surface area (Å²) in [5, 5.41) is 10.3. The van der Waals surface area contributed by atoms with Crippen LogP contribution in [-0.4, -0.2) is 34.3 Å². The Balaban J connectivity index is 1.61. The molecule has 1 heterocycles. The van der Waals surface area contributed by atoms with Crippen molar-refractivity contribution in [2.45, 2.75) is 37.8 Å². The van der Waals surface area contributed by atoms with Crippen LogP contribution >= 0.6 is 0 Å². The van der Waals surface area contributed by atoms with Crippen molar-refractivity contribution in [2.75, 3.05) is 6.54 Å². The number of aliphatic hydroxyl groups excluding tert-OH is 1. The number of Topliss-reactive ketones (excluding diaryl/α,β-unsaturated/α-hetero) is 1. The highest BCUT2D eigenvalue weighted by Gasteiger charge is 2.31. The lowest BCUT2D eigenvalue weighted by atomic mass is 10.0. The highest BCUT2D eigenvalue weighted by atomic mass is 16.3. The van der Waals surface area contributed by atoms with Gasteiger partial charge in [0.15, 0.2) is 5.78 Å². The van der Waals surface area contributed by atoms with Gasteiger partial charge in [0, 0.05) is 24.6 Å². The third-order valence-electron chi connectivity index (χ3n) is 4.77. The summed E-state index contributed by atoms with van der Waals surface area (Å²) in [5.74, 6) is -0.0198. The van der Waals surface area contributed by atoms with E-state index in [0.717, 1.165) is 18.4 Å². The molecule has 1 fully saturated rings. The van der Waals surface area contributed by atoms with Crippen LogP contribution in [0.2, 0.25) is 0 Å². The molecule has 2 aromatic carbocycles. The van der Waals surface area contributed by atoms with Crippen molar-refractivity contribution < 1.29 is 14.7 Å². The van der Waals surface area contributed by atoms with Gasteiger partial charge in [-0.15, -0.1) is 0 Å². The van der Waals surface area contributed by atoms with Crippen LogP contribution in [0.15, 0.2) is 60.7 Å². The van der Waals surface area contributed by atoms with Crippen molar-refractivity contribution in [3.05, 3.63) is 71.8 Å². The van der Waals surface area contributed by atoms with E-state index in [2.05, 4.69) is 0 Å². The van der Waals surface area contributed by atoms with Crippen molar-refractivity contribution in [2.24, 2.45) is 0 Å². The molecule has 4 nitrogen and oxygen atoms in total. The Bertz CT molecular complexity index is 714. The Kier molecular flexibility index (Phi) is 5.61. The first-order valence-corrected chi connectivity index (χ1v) is 8.76. The Morgan fingerprint density at radius 3 is 2.36 bits per heavy atom. The number of amides is 1. The third kappa shape index (κ3) is 4.34. The zero-order valence-electron chi connectivity index (χ0n) is 14.2. The molecule has 0 aromatic heterocycles. The summed E-state index contributed by atoms with van der Waals surface area (Å²) in [7, 11) is 0. The van der Waals surface area contributed by atoms with Crippen molar-refractivity contribution >= 4 is 11.7 Å². The standard InChI is InChI=1S/C21H23NO3/c23-19(16-8-3-1-4-9-16)14-18-12-7-13-22(18)21(25)15-20(24)17-10-5-2-6-11-17/h1-6,8-11,18,20,24H,7,12-15H2. The number of ketones is 1. The highest BCUT2D eigenvalue weighted by molar-refractivity contribution is 5.96. The van der Waals surface area contributed by atoms with Crippen molar-refractivity contribution in [3.8, 4) is 0 Å². The lowest BCUT2D eigenvalue weighted by Gasteiger charge is -2.25. The summed E-state index contributed by atoms with van der Waals surface area (Å²) in [6.07, 6.45) is 1.34. The number of rotatable bonds is 6. The maximum Gasteiger partial charge on any atom is 0.225 e. The second-order valence-corrected chi connectivity index (χ2v) is 6.51. The van der Waals surface area contributed by atoms with Crippen LogP contribution in [0, 0.1) is 0 Å². The molecule has 0 aliphatic carbocycles. The number of hydrogen-bond acceptors (Lipinski definition) is 3. The lowest BCUT2D eigenvalue weighted by Crippen LogP contribution is -2.37. The van der Waals surface area contributed by atoms with Crippen LogP contribution in [0.1, 0.15) is 47.7 Å². The van der Waals surface area contributed by atoms with Gasteiger partial charge in [-0.25, -0.2) is 0 Å². The number of benzene rings is 2. The fourth-order valence-corrected chi connectivity index (χ4v) is 3.41. The molecular formula is C21H23NO3. The largest absolute Gasteiger partial charge is 0.388 e. The van der Waals surface area contributed by atoms with Gasteiger partial charge in [-0.05, 0) is 18.4 Å². The van der Waals surface area contributed by atoms with E-state index in [9.17, 15) is 14.7 Å². The van der Waals surface area contributed by atoms with Gasteiger partial charge in [0.05, 0.1) is 12.5 Å². The van der Waals surface area contributed by atoms with Gasteiger partial charge in [-0.1, -0.05) is 60.7 Å². The Labute approximate surface area is 148 Å². The molecule has 1 aliphatic heterocycles. The Morgan fingerprint density at radius 2 is 1.68 bits per heavy atom. The van der Waals surface area contributed by atoms with Gasteiger partial charge >= 0.3 is 0 Å². The van der Waals surface area contributed by atoms with Crippen LogP contribution in [0.25, 0.3) is 0 Å². The SMILES string of the molecule is O=C(CC1CCCN1C(=O)CC(O)c1ccccc1)c1ccccc1. The summed E-state index contributed by atoms with van der Waals surface area (Å²) in [6.45, 7) is 0.660. The molecule has 2 atom stereocenters. The van der Waals surface area contributed by atoms with E-state index in [1.165, 1.54) is 0 Å². The molecule has 4 heteroatoms. The van der Waals surface area contributed by atoms with Crippen LogP contribution in [0.4, 0.5) is 0 Å². The number of nitrogens with zero attached hydrogens (tertiary/aromatic N) is 1. The van der Waals surface area contributed by atoms with E-state index in [1.54, 1.807) is 4.90 Å². The predicted octanol–water partition coefficient (Wildman–Crippen LogP) is 3.37. The van der Waals surface area contributed by atoms with Gasteiger partial charge in [0.2, 0.25) is 5.91 Å². The van der Waals surface area contributed by atoms with Gasteiger partial charge in [0.1, 0.15) is 0 Å². The zero-order chi connectivity index (χ0) is 17.6. The second-order valence-electron chi connectivity index (χ2n) is 6.51. The first-order chi connectivity index (χ1) is 12.1. The van der Waals surface area contributed by atoms with Crippen LogP contribution < -0.4 is 0 Å². The van der Waals surface area contributed by atoms with E-state index >= 15 is 0 Å². The molecule has 1 saturated heterocycles. The van der Waals surface area contributed by atoms with Crippen LogP contribution in [-0.2, 0) is 4.79 Å². The molecule has 2 unspecified atom stereocenters. The van der Waals surface area contributed by atoms with E-state index in [-0.39, 0.29) is 24.2 Å². The third-order valence-corrected chi connectivity index (χ3v) is 4.77. The minimum absolute atomic E-state index is 0.0556. The average Bonchev–Trinajstić information content (AvgIpc) is 3.11. The number of aliphatic hydroxyl groups is 1. The van der Waals surface area contributed by atoms with Crippen molar-refractivity contribution in [1.29, 1.82) is 0 Å². The summed E-state index contributed by atoms with van der Waals surface area (Å²) in [5.41, 5.74) is 1.43. The van der Waals surface area contributed by atoms with Crippen LogP contribution in [0.3, 0.4) is 0 Å². The molecular weight excluding hydrogens is 314 g/mol. The fraction of sp³-hybridized carbons (Fsp3) is 0.333. The van der Waals surface area contributed by atoms with Crippen molar-refractivity contribution in [1.82, 2.24) is 4.90 Å². The Hall–Kier alpha value is -2.46. The first kappa shape index (κ1) is 17.4. The second kappa shape index (κ2) is 8.08. The molecule has 130 valence electrons. The number of carbonyl (C=O) groups is 2. The van der Waals surface area contributed by atoms with Gasteiger partial charge < -0.3 is 10.0 Å². The number of hydrogen-bond donors (Lipinski definition) is 1. The molecule has 1 aliphatic rings. The summed E-state index contributed by atoms with van der Waals surface area (Å²) in [4.78, 5) is 26.8. The first-order valence-electron chi connectivity index (χ1n) is 8.76. The highest BCUT2D eigenvalue weighted by Crippen LogP contribution is 2.25. The molecule has 2 aromatic rings. The topological polar surface area (TPSA) is 57.6 Å². The van der Waals surface area contributed by atoms with E-state index < -0.39 is 6.10 Å². The number of likely N-dealkylation sites (tertiary alicyclic amines) is 1. The van der Waals surface area contributed by atoms with Crippen molar-refractivity contribution in [3.63, 3.8) is 0 Å². The molecule has 3 rings (SSSR count). The smallest absolute Gasteiger partial charge is 0.225 e. The maximum atomic E-state index is 12.6. The quantitative estimate of drug-likeness (QED) is 0.822. The van der Waals surface area contributed by atoms with E-state index in [4.69, 9.17) is 0 Å². The summed E-state index contributed by atoms with van der Waals surface area (Å²) in [6, 6.07) is 18.3. The molecule has 0 bridgehead atoms. The zero-order valence-corrected chi connectivity index (χ0v) is 14.2. The van der Waals surface area contributed by atoms with Crippen LogP contribution in [0.5, 0.6) is 0 Å². The molecule has 0 radical (unpaired) electrons. The fourth-order valence-electron chi connectivity index (χ4n) is 3.41. The average molecular weight is 337 g/mol. The van der Waals surface area contributed by atoms with E-state index in [0.29, 0.717) is 18.5 Å². The molecule has 0 spiro atoms. The predicted molar refractivity (Wildman–Crippen MR) is 96.1 cm³/mol. The molecule has 1 N–H and O–H groups in total. The van der Waals surface area contributed by atoms with E-state index in [1.807, 2.05) is 60.7 Å². The molecule has 0 saturated carbocycles. The Morgan fingerprint density at radius 1 is 1.04 bits per heavy atom. The van der Waals surface area contributed by atoms with Gasteiger partial charge in [-0.3, -0.25) is 9.59 Å².